The number of nitrogens with zero attached hydrogens (tertiary/aromatic N) is 3. The van der Waals surface area contributed by atoms with Crippen molar-refractivity contribution in [2.24, 2.45) is 0 Å². The molecule has 0 saturated heterocycles. The van der Waals surface area contributed by atoms with E-state index in [0.29, 0.717) is 24.7 Å². The molecular weight excluding hydrogens is 252 g/mol. The molecule has 102 valence electrons. The van der Waals surface area contributed by atoms with Crippen LogP contribution in [-0.2, 0) is 6.42 Å². The molecular formula is C15H16N4O. The summed E-state index contributed by atoms with van der Waals surface area (Å²) in [5, 5.41) is 12.1. The molecule has 5 nitrogen and oxygen atoms in total. The Morgan fingerprint density at radius 2 is 2.05 bits per heavy atom. The molecule has 0 bridgehead atoms. The topological polar surface area (TPSA) is 70.8 Å². The summed E-state index contributed by atoms with van der Waals surface area (Å²) in [5.41, 5.74) is 1.44. The van der Waals surface area contributed by atoms with E-state index in [2.05, 4.69) is 15.3 Å². The van der Waals surface area contributed by atoms with Crippen molar-refractivity contribution in [3.05, 3.63) is 47.9 Å². The van der Waals surface area contributed by atoms with Gasteiger partial charge in [0.15, 0.2) is 11.5 Å². The Morgan fingerprint density at radius 1 is 1.25 bits per heavy atom. The van der Waals surface area contributed by atoms with E-state index in [0.717, 1.165) is 17.7 Å². The maximum Gasteiger partial charge on any atom is 0.182 e. The van der Waals surface area contributed by atoms with Crippen LogP contribution in [0.5, 0.6) is 5.75 Å². The number of aromatic nitrogens is 2. The number of benzene rings is 1. The van der Waals surface area contributed by atoms with Crippen LogP contribution in [-0.4, -0.2) is 23.1 Å². The summed E-state index contributed by atoms with van der Waals surface area (Å²) in [6, 6.07) is 9.96. The van der Waals surface area contributed by atoms with Crippen LogP contribution in [0.4, 0.5) is 5.82 Å². The number of para-hydroxylation sites is 1. The third kappa shape index (κ3) is 3.45. The Hall–Kier alpha value is -2.61. The molecule has 0 aliphatic rings. The van der Waals surface area contributed by atoms with Crippen LogP contribution in [0.3, 0.4) is 0 Å². The van der Waals surface area contributed by atoms with Crippen LogP contribution in [0.25, 0.3) is 0 Å². The molecule has 2 aromatic rings. The average molecular weight is 268 g/mol. The van der Waals surface area contributed by atoms with Crippen molar-refractivity contribution in [3.8, 4) is 11.8 Å². The van der Waals surface area contributed by atoms with Crippen LogP contribution in [0, 0.1) is 11.3 Å². The molecule has 0 amide bonds. The molecule has 0 radical (unpaired) electrons. The van der Waals surface area contributed by atoms with Gasteiger partial charge in [0.2, 0.25) is 0 Å². The minimum atomic E-state index is 0.311. The zero-order valence-corrected chi connectivity index (χ0v) is 11.3. The zero-order valence-electron chi connectivity index (χ0n) is 11.3. The Balaban J connectivity index is 1.98. The molecule has 1 aromatic heterocycles. The fourth-order valence-electron chi connectivity index (χ4n) is 1.87. The number of rotatable bonds is 6. The van der Waals surface area contributed by atoms with Crippen molar-refractivity contribution in [1.29, 1.82) is 5.26 Å². The van der Waals surface area contributed by atoms with Crippen molar-refractivity contribution in [3.63, 3.8) is 0 Å². The molecule has 0 saturated carbocycles. The molecule has 1 aromatic carbocycles. The second-order valence-corrected chi connectivity index (χ2v) is 4.08. The Kier molecular flexibility index (Phi) is 4.90. The molecule has 0 aliphatic heterocycles. The molecule has 5 heteroatoms. The predicted molar refractivity (Wildman–Crippen MR) is 76.6 cm³/mol. The van der Waals surface area contributed by atoms with Gasteiger partial charge in [-0.2, -0.15) is 5.26 Å². The van der Waals surface area contributed by atoms with Crippen LogP contribution < -0.4 is 10.1 Å². The smallest absolute Gasteiger partial charge is 0.182 e. The normalized spacial score (nSPS) is 9.80. The van der Waals surface area contributed by atoms with Gasteiger partial charge in [0.1, 0.15) is 11.8 Å². The quantitative estimate of drug-likeness (QED) is 0.871. The second-order valence-electron chi connectivity index (χ2n) is 4.08. The van der Waals surface area contributed by atoms with Gasteiger partial charge < -0.3 is 10.1 Å². The maximum absolute atomic E-state index is 8.94. The third-order valence-corrected chi connectivity index (χ3v) is 2.76. The summed E-state index contributed by atoms with van der Waals surface area (Å²) in [5.74, 6) is 1.42. The first-order valence-electron chi connectivity index (χ1n) is 6.50. The van der Waals surface area contributed by atoms with Gasteiger partial charge in [0, 0.05) is 18.9 Å². The molecule has 0 atom stereocenters. The van der Waals surface area contributed by atoms with Crippen molar-refractivity contribution < 1.29 is 4.74 Å². The van der Waals surface area contributed by atoms with E-state index in [1.165, 1.54) is 6.20 Å². The largest absolute Gasteiger partial charge is 0.494 e. The van der Waals surface area contributed by atoms with E-state index in [1.807, 2.05) is 37.3 Å². The molecule has 0 spiro atoms. The van der Waals surface area contributed by atoms with E-state index in [1.54, 1.807) is 6.20 Å². The van der Waals surface area contributed by atoms with Crippen molar-refractivity contribution in [1.82, 2.24) is 9.97 Å². The van der Waals surface area contributed by atoms with Crippen LogP contribution in [0.1, 0.15) is 18.2 Å². The minimum absolute atomic E-state index is 0.311. The van der Waals surface area contributed by atoms with Crippen molar-refractivity contribution in [2.75, 3.05) is 18.5 Å². The van der Waals surface area contributed by atoms with Gasteiger partial charge in [-0.1, -0.05) is 18.2 Å². The SMILES string of the molecule is CCOc1ccccc1CCNc1nccnc1C#N. The van der Waals surface area contributed by atoms with Gasteiger partial charge >= 0.3 is 0 Å². The highest BCUT2D eigenvalue weighted by Crippen LogP contribution is 2.18. The molecule has 0 unspecified atom stereocenters. The number of hydrogen-bond donors (Lipinski definition) is 1. The van der Waals surface area contributed by atoms with E-state index in [9.17, 15) is 0 Å². The van der Waals surface area contributed by atoms with Gasteiger partial charge in [-0.05, 0) is 25.0 Å². The standard InChI is InChI=1S/C15H16N4O/c1-2-20-14-6-4-3-5-12(14)7-8-18-15-13(11-16)17-9-10-19-15/h3-6,9-10H,2,7-8H2,1H3,(H,18,19). The van der Waals surface area contributed by atoms with E-state index in [-0.39, 0.29) is 0 Å². The average Bonchev–Trinajstić information content (AvgIpc) is 2.50. The summed E-state index contributed by atoms with van der Waals surface area (Å²) in [4.78, 5) is 8.07. The number of ether oxygens (including phenoxy) is 1. The number of anilines is 1. The molecule has 1 heterocycles. The molecule has 1 N–H and O–H groups in total. The first-order valence-corrected chi connectivity index (χ1v) is 6.50. The van der Waals surface area contributed by atoms with E-state index < -0.39 is 0 Å². The van der Waals surface area contributed by atoms with E-state index >= 15 is 0 Å². The van der Waals surface area contributed by atoms with Crippen LogP contribution in [0.15, 0.2) is 36.7 Å². The van der Waals surface area contributed by atoms with Crippen LogP contribution in [0.2, 0.25) is 0 Å². The highest BCUT2D eigenvalue weighted by Gasteiger charge is 2.05. The number of nitriles is 1. The lowest BCUT2D eigenvalue weighted by Gasteiger charge is -2.10. The fourth-order valence-corrected chi connectivity index (χ4v) is 1.87. The highest BCUT2D eigenvalue weighted by atomic mass is 16.5. The lowest BCUT2D eigenvalue weighted by molar-refractivity contribution is 0.336. The van der Waals surface area contributed by atoms with Gasteiger partial charge in [-0.3, -0.25) is 0 Å². The Bertz CT molecular complexity index is 607. The molecule has 0 aliphatic carbocycles. The zero-order chi connectivity index (χ0) is 14.2. The number of nitrogens with one attached hydrogen (secondary N) is 1. The van der Waals surface area contributed by atoms with Gasteiger partial charge in [0.25, 0.3) is 0 Å². The van der Waals surface area contributed by atoms with Gasteiger partial charge in [-0.15, -0.1) is 0 Å². The predicted octanol–water partition coefficient (Wildman–Crippen LogP) is 2.40. The minimum Gasteiger partial charge on any atom is -0.494 e. The summed E-state index contributed by atoms with van der Waals surface area (Å²) in [6.07, 6.45) is 3.86. The summed E-state index contributed by atoms with van der Waals surface area (Å²) >= 11 is 0. The highest BCUT2D eigenvalue weighted by molar-refractivity contribution is 5.47. The maximum atomic E-state index is 8.94. The van der Waals surface area contributed by atoms with Crippen LogP contribution >= 0.6 is 0 Å². The summed E-state index contributed by atoms with van der Waals surface area (Å²) in [6.45, 7) is 3.28. The third-order valence-electron chi connectivity index (χ3n) is 2.76. The lowest BCUT2D eigenvalue weighted by atomic mass is 10.1. The first kappa shape index (κ1) is 13.8. The second kappa shape index (κ2) is 7.10. The lowest BCUT2D eigenvalue weighted by Crippen LogP contribution is -2.09. The summed E-state index contributed by atoms with van der Waals surface area (Å²) in [7, 11) is 0. The van der Waals surface area contributed by atoms with Gasteiger partial charge in [-0.25, -0.2) is 9.97 Å². The van der Waals surface area contributed by atoms with E-state index in [4.69, 9.17) is 10.00 Å². The molecule has 20 heavy (non-hydrogen) atoms. The first-order chi connectivity index (χ1) is 9.85. The fraction of sp³-hybridized carbons (Fsp3) is 0.267. The van der Waals surface area contributed by atoms with Crippen molar-refractivity contribution in [2.45, 2.75) is 13.3 Å². The molecule has 2 rings (SSSR count). The Morgan fingerprint density at radius 3 is 2.85 bits per heavy atom. The Labute approximate surface area is 118 Å². The number of hydrogen-bond acceptors (Lipinski definition) is 5. The van der Waals surface area contributed by atoms with Crippen molar-refractivity contribution >= 4 is 5.82 Å². The summed E-state index contributed by atoms with van der Waals surface area (Å²) < 4.78 is 5.58. The van der Waals surface area contributed by atoms with Gasteiger partial charge in [0.05, 0.1) is 6.61 Å². The molecule has 0 fully saturated rings. The monoisotopic (exact) mass is 268 g/mol.